The van der Waals surface area contributed by atoms with E-state index in [2.05, 4.69) is 20.6 Å². The number of hydrogen-bond acceptors (Lipinski definition) is 5. The Morgan fingerprint density at radius 1 is 1.29 bits per heavy atom. The Morgan fingerprint density at radius 2 is 2.14 bits per heavy atom. The largest absolute Gasteiger partial charge is 0.372 e. The third kappa shape index (κ3) is 4.67. The van der Waals surface area contributed by atoms with E-state index in [0.29, 0.717) is 12.5 Å². The Morgan fingerprint density at radius 3 is 2.81 bits per heavy atom. The van der Waals surface area contributed by atoms with Crippen LogP contribution in [0.25, 0.3) is 0 Å². The number of nitrogens with zero attached hydrogens (tertiary/aromatic N) is 3. The molecule has 1 saturated heterocycles. The maximum Gasteiger partial charge on any atom is 0.236 e. The molecule has 1 amide bonds. The van der Waals surface area contributed by atoms with E-state index in [4.69, 9.17) is 0 Å². The maximum absolute atomic E-state index is 11.9. The van der Waals surface area contributed by atoms with Gasteiger partial charge in [-0.2, -0.15) is 0 Å². The van der Waals surface area contributed by atoms with Crippen LogP contribution in [0.3, 0.4) is 0 Å². The third-order valence-electron chi connectivity index (χ3n) is 3.99. The molecule has 0 aliphatic carbocycles. The molecule has 2 heterocycles. The van der Waals surface area contributed by atoms with E-state index >= 15 is 0 Å². The maximum atomic E-state index is 11.9. The quantitative estimate of drug-likeness (QED) is 0.844. The summed E-state index contributed by atoms with van der Waals surface area (Å²) in [7, 11) is 3.65. The first-order valence-electron chi connectivity index (χ1n) is 7.64. The number of likely N-dealkylation sites (N-methyl/N-ethyl adjacent to an activating group) is 1. The molecule has 1 aliphatic rings. The topological polar surface area (TPSA) is 70.2 Å². The minimum atomic E-state index is 0.205. The first-order chi connectivity index (χ1) is 10.2. The van der Waals surface area contributed by atoms with E-state index in [1.54, 1.807) is 6.20 Å². The predicted octanol–water partition coefficient (Wildman–Crippen LogP) is 0.909. The number of anilines is 1. The van der Waals surface area contributed by atoms with E-state index in [1.807, 2.05) is 25.2 Å². The number of carbonyl (C=O) groups is 1. The Hall–Kier alpha value is -1.69. The zero-order valence-corrected chi connectivity index (χ0v) is 12.9. The molecule has 21 heavy (non-hydrogen) atoms. The molecule has 2 rings (SSSR count). The normalized spacial score (nSPS) is 19.1. The molecule has 1 atom stereocenters. The van der Waals surface area contributed by atoms with Crippen LogP contribution in [0, 0.1) is 5.92 Å². The van der Waals surface area contributed by atoms with Crippen molar-refractivity contribution >= 4 is 11.7 Å². The molecule has 1 unspecified atom stereocenters. The zero-order chi connectivity index (χ0) is 15.1. The van der Waals surface area contributed by atoms with Gasteiger partial charge in [0.2, 0.25) is 5.91 Å². The van der Waals surface area contributed by atoms with Gasteiger partial charge >= 0.3 is 0 Å². The van der Waals surface area contributed by atoms with Crippen LogP contribution in [0.2, 0.25) is 0 Å². The fraction of sp³-hybridized carbons (Fsp3) is 0.667. The SMILES string of the molecule is CNCC(=O)N1CCCC(Cc2cnc(NC)cn2)CC1. The van der Waals surface area contributed by atoms with Crippen molar-refractivity contribution in [3.63, 3.8) is 0 Å². The number of rotatable bonds is 5. The number of likely N-dealkylation sites (tertiary alicyclic amines) is 1. The molecule has 6 heteroatoms. The molecule has 2 N–H and O–H groups in total. The van der Waals surface area contributed by atoms with Crippen LogP contribution in [0.1, 0.15) is 25.0 Å². The van der Waals surface area contributed by atoms with Gasteiger partial charge in [-0.1, -0.05) is 0 Å². The summed E-state index contributed by atoms with van der Waals surface area (Å²) >= 11 is 0. The molecule has 6 nitrogen and oxygen atoms in total. The number of aromatic nitrogens is 2. The van der Waals surface area contributed by atoms with Gasteiger partial charge in [0.25, 0.3) is 0 Å². The summed E-state index contributed by atoms with van der Waals surface area (Å²) < 4.78 is 0. The minimum absolute atomic E-state index is 0.205. The van der Waals surface area contributed by atoms with Gasteiger partial charge in [0.1, 0.15) is 5.82 Å². The van der Waals surface area contributed by atoms with Crippen LogP contribution in [0.4, 0.5) is 5.82 Å². The van der Waals surface area contributed by atoms with E-state index < -0.39 is 0 Å². The first-order valence-corrected chi connectivity index (χ1v) is 7.64. The van der Waals surface area contributed by atoms with Crippen LogP contribution in [-0.4, -0.2) is 54.5 Å². The summed E-state index contributed by atoms with van der Waals surface area (Å²) in [5.74, 6) is 1.59. The van der Waals surface area contributed by atoms with Gasteiger partial charge in [0.15, 0.2) is 0 Å². The number of nitrogens with one attached hydrogen (secondary N) is 2. The number of hydrogen-bond donors (Lipinski definition) is 2. The van der Waals surface area contributed by atoms with Crippen LogP contribution < -0.4 is 10.6 Å². The van der Waals surface area contributed by atoms with Crippen LogP contribution in [0.5, 0.6) is 0 Å². The summed E-state index contributed by atoms with van der Waals surface area (Å²) in [6, 6.07) is 0. The molecule has 0 radical (unpaired) electrons. The highest BCUT2D eigenvalue weighted by molar-refractivity contribution is 5.78. The molecule has 0 aromatic carbocycles. The zero-order valence-electron chi connectivity index (χ0n) is 12.9. The third-order valence-corrected chi connectivity index (χ3v) is 3.99. The Kier molecular flexibility index (Phi) is 5.92. The molecule has 0 bridgehead atoms. The summed E-state index contributed by atoms with van der Waals surface area (Å²) in [6.07, 6.45) is 7.84. The second-order valence-corrected chi connectivity index (χ2v) is 5.56. The van der Waals surface area contributed by atoms with Crippen molar-refractivity contribution in [3.05, 3.63) is 18.1 Å². The van der Waals surface area contributed by atoms with Crippen molar-refractivity contribution in [1.82, 2.24) is 20.2 Å². The second-order valence-electron chi connectivity index (χ2n) is 5.56. The Balaban J connectivity index is 1.86. The van der Waals surface area contributed by atoms with E-state index in [-0.39, 0.29) is 5.91 Å². The molecular formula is C15H25N5O. The standard InChI is InChI=1S/C15H25N5O/c1-16-11-15(21)20-6-3-4-12(5-7-20)8-13-9-19-14(17-2)10-18-13/h9-10,12,16H,3-8,11H2,1-2H3,(H,17,19). The van der Waals surface area contributed by atoms with Crippen molar-refractivity contribution < 1.29 is 4.79 Å². The molecule has 1 aromatic rings. The van der Waals surface area contributed by atoms with E-state index in [1.165, 1.54) is 0 Å². The summed E-state index contributed by atoms with van der Waals surface area (Å²) in [5.41, 5.74) is 1.04. The first kappa shape index (κ1) is 15.7. The van der Waals surface area contributed by atoms with Gasteiger partial charge in [-0.25, -0.2) is 4.98 Å². The lowest BCUT2D eigenvalue weighted by atomic mass is 9.95. The van der Waals surface area contributed by atoms with Crippen molar-refractivity contribution in [2.45, 2.75) is 25.7 Å². The van der Waals surface area contributed by atoms with E-state index in [9.17, 15) is 4.79 Å². The average Bonchev–Trinajstić information content (AvgIpc) is 2.74. The highest BCUT2D eigenvalue weighted by atomic mass is 16.2. The Labute approximate surface area is 126 Å². The fourth-order valence-electron chi connectivity index (χ4n) is 2.77. The second kappa shape index (κ2) is 7.93. The van der Waals surface area contributed by atoms with Crippen molar-refractivity contribution in [1.29, 1.82) is 0 Å². The summed E-state index contributed by atoms with van der Waals surface area (Å²) in [5, 5.41) is 5.91. The van der Waals surface area contributed by atoms with E-state index in [0.717, 1.165) is 50.3 Å². The monoisotopic (exact) mass is 291 g/mol. The molecule has 1 aliphatic heterocycles. The minimum Gasteiger partial charge on any atom is -0.372 e. The Bertz CT molecular complexity index is 448. The van der Waals surface area contributed by atoms with Crippen LogP contribution >= 0.6 is 0 Å². The van der Waals surface area contributed by atoms with Gasteiger partial charge in [-0.05, 0) is 38.6 Å². The summed E-state index contributed by atoms with van der Waals surface area (Å²) in [6.45, 7) is 2.16. The molecule has 0 spiro atoms. The molecule has 0 saturated carbocycles. The summed E-state index contributed by atoms with van der Waals surface area (Å²) in [4.78, 5) is 22.6. The van der Waals surface area contributed by atoms with Crippen LogP contribution in [-0.2, 0) is 11.2 Å². The molecule has 116 valence electrons. The van der Waals surface area contributed by atoms with Gasteiger partial charge in [-0.15, -0.1) is 0 Å². The highest BCUT2D eigenvalue weighted by Gasteiger charge is 2.20. The average molecular weight is 291 g/mol. The smallest absolute Gasteiger partial charge is 0.236 e. The molecular weight excluding hydrogens is 266 g/mol. The van der Waals surface area contributed by atoms with Gasteiger partial charge in [-0.3, -0.25) is 9.78 Å². The van der Waals surface area contributed by atoms with Gasteiger partial charge in [0.05, 0.1) is 24.6 Å². The van der Waals surface area contributed by atoms with Crippen LogP contribution in [0.15, 0.2) is 12.4 Å². The van der Waals surface area contributed by atoms with Gasteiger partial charge in [0, 0.05) is 20.1 Å². The highest BCUT2D eigenvalue weighted by Crippen LogP contribution is 2.21. The predicted molar refractivity (Wildman–Crippen MR) is 83.1 cm³/mol. The van der Waals surface area contributed by atoms with Gasteiger partial charge < -0.3 is 15.5 Å². The molecule has 1 aromatic heterocycles. The van der Waals surface area contributed by atoms with Crippen molar-refractivity contribution in [2.75, 3.05) is 39.0 Å². The number of amides is 1. The number of carbonyl (C=O) groups excluding carboxylic acids is 1. The fourth-order valence-corrected chi connectivity index (χ4v) is 2.77. The van der Waals surface area contributed by atoms with Crippen molar-refractivity contribution in [3.8, 4) is 0 Å². The van der Waals surface area contributed by atoms with Crippen molar-refractivity contribution in [2.24, 2.45) is 5.92 Å². The molecule has 1 fully saturated rings. The lowest BCUT2D eigenvalue weighted by molar-refractivity contribution is -0.130. The lowest BCUT2D eigenvalue weighted by Crippen LogP contribution is -2.37. The lowest BCUT2D eigenvalue weighted by Gasteiger charge is -2.20.